The molecule has 2 aliphatic rings. The maximum Gasteiger partial charge on any atom is 0.0591 e. The summed E-state index contributed by atoms with van der Waals surface area (Å²) in [5.74, 6) is 3.99. The van der Waals surface area contributed by atoms with Crippen molar-refractivity contribution < 1.29 is 10.2 Å². The summed E-state index contributed by atoms with van der Waals surface area (Å²) in [4.78, 5) is 0. The summed E-state index contributed by atoms with van der Waals surface area (Å²) in [6.07, 6.45) is 4.49. The molecule has 0 spiro atoms. The smallest absolute Gasteiger partial charge is 0.0591 e. The van der Waals surface area contributed by atoms with E-state index in [4.69, 9.17) is 0 Å². The van der Waals surface area contributed by atoms with Gasteiger partial charge in [0.15, 0.2) is 0 Å². The average molecular weight is 282 g/mol. The molecule has 0 aromatic heterocycles. The maximum absolute atomic E-state index is 10.1. The van der Waals surface area contributed by atoms with Crippen LogP contribution in [0.25, 0.3) is 0 Å². The molecule has 0 aromatic carbocycles. The molecule has 0 heterocycles. The largest absolute Gasteiger partial charge is 0.393 e. The maximum atomic E-state index is 10.1. The Morgan fingerprint density at radius 2 is 0.900 bits per heavy atom. The first-order valence-electron chi connectivity index (χ1n) is 8.67. The molecule has 2 rings (SSSR count). The SMILES string of the molecule is CC1CC(C(C)C2CC(C)C(O)C(C)C2)CC(C)C1O. The van der Waals surface area contributed by atoms with E-state index in [0.29, 0.717) is 23.7 Å². The molecular formula is C18H34O2. The van der Waals surface area contributed by atoms with Gasteiger partial charge in [0.2, 0.25) is 0 Å². The zero-order valence-electron chi connectivity index (χ0n) is 13.9. The molecule has 0 aromatic rings. The van der Waals surface area contributed by atoms with Crippen LogP contribution in [-0.4, -0.2) is 22.4 Å². The van der Waals surface area contributed by atoms with E-state index in [0.717, 1.165) is 17.8 Å². The van der Waals surface area contributed by atoms with Crippen LogP contribution in [0.3, 0.4) is 0 Å². The summed E-state index contributed by atoms with van der Waals surface area (Å²) in [5.41, 5.74) is 0. The van der Waals surface area contributed by atoms with Crippen molar-refractivity contribution >= 4 is 0 Å². The van der Waals surface area contributed by atoms with Gasteiger partial charge in [0.25, 0.3) is 0 Å². The van der Waals surface area contributed by atoms with E-state index >= 15 is 0 Å². The highest BCUT2D eigenvalue weighted by Crippen LogP contribution is 2.45. The Morgan fingerprint density at radius 1 is 0.650 bits per heavy atom. The minimum absolute atomic E-state index is 0.107. The molecule has 2 nitrogen and oxygen atoms in total. The normalized spacial score (nSPS) is 51.8. The zero-order chi connectivity index (χ0) is 15.0. The lowest BCUT2D eigenvalue weighted by molar-refractivity contribution is -0.0343. The van der Waals surface area contributed by atoms with Gasteiger partial charge < -0.3 is 10.2 Å². The first-order valence-corrected chi connectivity index (χ1v) is 8.67. The zero-order valence-corrected chi connectivity index (χ0v) is 13.9. The van der Waals surface area contributed by atoms with Crippen LogP contribution < -0.4 is 0 Å². The molecule has 0 bridgehead atoms. The first kappa shape index (κ1) is 16.3. The van der Waals surface area contributed by atoms with E-state index < -0.39 is 0 Å². The molecule has 2 fully saturated rings. The number of aliphatic hydroxyl groups is 2. The van der Waals surface area contributed by atoms with Crippen molar-refractivity contribution in [1.29, 1.82) is 0 Å². The van der Waals surface area contributed by atoms with Gasteiger partial charge in [-0.2, -0.15) is 0 Å². The number of hydrogen-bond acceptors (Lipinski definition) is 2. The van der Waals surface area contributed by atoms with Crippen LogP contribution in [0, 0.1) is 41.4 Å². The minimum Gasteiger partial charge on any atom is -0.393 e. The van der Waals surface area contributed by atoms with E-state index in [9.17, 15) is 10.2 Å². The Morgan fingerprint density at radius 3 is 1.15 bits per heavy atom. The van der Waals surface area contributed by atoms with Crippen molar-refractivity contribution in [2.24, 2.45) is 41.4 Å². The molecule has 4 atom stereocenters. The summed E-state index contributed by atoms with van der Waals surface area (Å²) >= 11 is 0. The lowest BCUT2D eigenvalue weighted by Gasteiger charge is -2.45. The molecule has 0 amide bonds. The molecule has 2 heteroatoms. The van der Waals surface area contributed by atoms with Crippen LogP contribution in [0.15, 0.2) is 0 Å². The second-order valence-corrected chi connectivity index (χ2v) is 8.21. The lowest BCUT2D eigenvalue weighted by Crippen LogP contribution is -2.41. The van der Waals surface area contributed by atoms with Crippen LogP contribution in [0.4, 0.5) is 0 Å². The van der Waals surface area contributed by atoms with Crippen molar-refractivity contribution in [3.8, 4) is 0 Å². The third kappa shape index (κ3) is 3.22. The topological polar surface area (TPSA) is 40.5 Å². The molecule has 4 unspecified atom stereocenters. The fourth-order valence-corrected chi connectivity index (χ4v) is 5.03. The fraction of sp³-hybridized carbons (Fsp3) is 1.00. The summed E-state index contributed by atoms with van der Waals surface area (Å²) in [6, 6.07) is 0. The van der Waals surface area contributed by atoms with Crippen molar-refractivity contribution in [2.45, 2.75) is 72.5 Å². The van der Waals surface area contributed by atoms with E-state index in [1.807, 2.05) is 0 Å². The standard InChI is InChI=1S/C18H34O2/c1-10-6-15(7-11(2)17(10)19)14(5)16-8-12(3)18(20)13(4)9-16/h10-20H,6-9H2,1-5H3. The summed E-state index contributed by atoms with van der Waals surface area (Å²) in [7, 11) is 0. The molecule has 0 saturated heterocycles. The predicted molar refractivity (Wildman–Crippen MR) is 83.3 cm³/mol. The molecule has 118 valence electrons. The molecule has 0 aliphatic heterocycles. The van der Waals surface area contributed by atoms with Gasteiger partial charge in [0, 0.05) is 0 Å². The second-order valence-electron chi connectivity index (χ2n) is 8.21. The number of aliphatic hydroxyl groups excluding tert-OH is 2. The minimum atomic E-state index is -0.107. The highest BCUT2D eigenvalue weighted by Gasteiger charge is 2.40. The summed E-state index contributed by atoms with van der Waals surface area (Å²) < 4.78 is 0. The van der Waals surface area contributed by atoms with Crippen molar-refractivity contribution in [3.05, 3.63) is 0 Å². The van der Waals surface area contributed by atoms with Crippen LogP contribution in [0.1, 0.15) is 60.3 Å². The quantitative estimate of drug-likeness (QED) is 0.810. The Balaban J connectivity index is 1.99. The Bertz CT molecular complexity index is 263. The van der Waals surface area contributed by atoms with Gasteiger partial charge in [-0.3, -0.25) is 0 Å². The van der Waals surface area contributed by atoms with Crippen LogP contribution in [0.5, 0.6) is 0 Å². The van der Waals surface area contributed by atoms with Gasteiger partial charge in [-0.15, -0.1) is 0 Å². The van der Waals surface area contributed by atoms with Crippen LogP contribution in [0.2, 0.25) is 0 Å². The van der Waals surface area contributed by atoms with E-state index in [1.165, 1.54) is 25.7 Å². The third-order valence-corrected chi connectivity index (χ3v) is 6.52. The summed E-state index contributed by atoms with van der Waals surface area (Å²) in [5, 5.41) is 20.3. The third-order valence-electron chi connectivity index (χ3n) is 6.52. The van der Waals surface area contributed by atoms with Gasteiger partial charge in [-0.25, -0.2) is 0 Å². The molecule has 2 saturated carbocycles. The number of hydrogen-bond donors (Lipinski definition) is 2. The highest BCUT2D eigenvalue weighted by molar-refractivity contribution is 4.90. The monoisotopic (exact) mass is 282 g/mol. The van der Waals surface area contributed by atoms with E-state index in [-0.39, 0.29) is 12.2 Å². The predicted octanol–water partition coefficient (Wildman–Crippen LogP) is 3.71. The van der Waals surface area contributed by atoms with Gasteiger partial charge in [-0.1, -0.05) is 34.6 Å². The van der Waals surface area contributed by atoms with E-state index in [1.54, 1.807) is 0 Å². The molecule has 0 radical (unpaired) electrons. The van der Waals surface area contributed by atoms with Gasteiger partial charge in [-0.05, 0) is 67.1 Å². The molecule has 2 N–H and O–H groups in total. The lowest BCUT2D eigenvalue weighted by atomic mass is 9.62. The Hall–Kier alpha value is -0.0800. The Kier molecular flexibility index (Phi) is 5.18. The highest BCUT2D eigenvalue weighted by atomic mass is 16.3. The van der Waals surface area contributed by atoms with Gasteiger partial charge >= 0.3 is 0 Å². The van der Waals surface area contributed by atoms with Crippen molar-refractivity contribution in [2.75, 3.05) is 0 Å². The molecular weight excluding hydrogens is 248 g/mol. The Labute approximate surface area is 125 Å². The average Bonchev–Trinajstić information content (AvgIpc) is 2.40. The van der Waals surface area contributed by atoms with Crippen LogP contribution in [-0.2, 0) is 0 Å². The van der Waals surface area contributed by atoms with Crippen molar-refractivity contribution in [3.63, 3.8) is 0 Å². The van der Waals surface area contributed by atoms with Gasteiger partial charge in [0.05, 0.1) is 12.2 Å². The number of rotatable bonds is 2. The van der Waals surface area contributed by atoms with Crippen molar-refractivity contribution in [1.82, 2.24) is 0 Å². The second kappa shape index (κ2) is 6.36. The van der Waals surface area contributed by atoms with Crippen LogP contribution >= 0.6 is 0 Å². The molecule has 2 aliphatic carbocycles. The van der Waals surface area contributed by atoms with E-state index in [2.05, 4.69) is 34.6 Å². The van der Waals surface area contributed by atoms with Gasteiger partial charge in [0.1, 0.15) is 0 Å². The summed E-state index contributed by atoms with van der Waals surface area (Å²) in [6.45, 7) is 11.2. The first-order chi connectivity index (χ1) is 9.31. The molecule has 20 heavy (non-hydrogen) atoms. The fourth-order valence-electron chi connectivity index (χ4n) is 5.03.